The summed E-state index contributed by atoms with van der Waals surface area (Å²) in [4.78, 5) is 13.9. The highest BCUT2D eigenvalue weighted by molar-refractivity contribution is 7.13. The van der Waals surface area contributed by atoms with Gasteiger partial charge in [0.15, 0.2) is 0 Å². The van der Waals surface area contributed by atoms with Crippen LogP contribution in [0.3, 0.4) is 0 Å². The van der Waals surface area contributed by atoms with Gasteiger partial charge < -0.3 is 5.32 Å². The molecule has 0 aliphatic heterocycles. The number of nitrogens with zero attached hydrogens (tertiary/aromatic N) is 2. The van der Waals surface area contributed by atoms with Crippen molar-refractivity contribution in [1.82, 2.24) is 15.1 Å². The number of amides is 1. The van der Waals surface area contributed by atoms with Crippen LogP contribution in [0, 0.1) is 12.8 Å². The van der Waals surface area contributed by atoms with Gasteiger partial charge in [0.25, 0.3) is 5.91 Å². The van der Waals surface area contributed by atoms with Crippen molar-refractivity contribution in [3.8, 4) is 16.3 Å². The molecular formula is C20H23N3OS. The van der Waals surface area contributed by atoms with Crippen LogP contribution < -0.4 is 5.32 Å². The van der Waals surface area contributed by atoms with Crippen LogP contribution in [0.2, 0.25) is 0 Å². The van der Waals surface area contributed by atoms with Gasteiger partial charge >= 0.3 is 0 Å². The number of rotatable bonds is 5. The smallest absolute Gasteiger partial charge is 0.270 e. The van der Waals surface area contributed by atoms with E-state index in [4.69, 9.17) is 5.10 Å². The van der Waals surface area contributed by atoms with Crippen molar-refractivity contribution in [3.63, 3.8) is 0 Å². The predicted octanol–water partition coefficient (Wildman–Crippen LogP) is 4.68. The van der Waals surface area contributed by atoms with E-state index in [0.717, 1.165) is 16.3 Å². The minimum absolute atomic E-state index is 0.0963. The topological polar surface area (TPSA) is 46.9 Å². The highest BCUT2D eigenvalue weighted by Gasteiger charge is 2.20. The maximum absolute atomic E-state index is 12.8. The summed E-state index contributed by atoms with van der Waals surface area (Å²) in [5, 5.41) is 9.79. The van der Waals surface area contributed by atoms with Crippen molar-refractivity contribution < 1.29 is 4.79 Å². The van der Waals surface area contributed by atoms with Gasteiger partial charge in [0, 0.05) is 6.04 Å². The number of nitrogens with one attached hydrogen (secondary N) is 1. The van der Waals surface area contributed by atoms with Gasteiger partial charge in [0.1, 0.15) is 11.4 Å². The van der Waals surface area contributed by atoms with Crippen LogP contribution in [-0.2, 0) is 0 Å². The van der Waals surface area contributed by atoms with E-state index >= 15 is 0 Å². The lowest BCUT2D eigenvalue weighted by Crippen LogP contribution is -2.37. The van der Waals surface area contributed by atoms with Crippen LogP contribution in [0.15, 0.2) is 47.8 Å². The zero-order valence-corrected chi connectivity index (χ0v) is 15.8. The SMILES string of the molecule is Cc1ccc(-n2nc(-c3cccs3)cc2C(=O)NC(C)C(C)C)cc1. The number of aryl methyl sites for hydroxylation is 1. The summed E-state index contributed by atoms with van der Waals surface area (Å²) in [6, 6.07) is 14.0. The first-order valence-corrected chi connectivity index (χ1v) is 9.35. The van der Waals surface area contributed by atoms with Gasteiger partial charge in [-0.3, -0.25) is 4.79 Å². The Hall–Kier alpha value is -2.40. The van der Waals surface area contributed by atoms with E-state index in [9.17, 15) is 4.79 Å². The largest absolute Gasteiger partial charge is 0.348 e. The summed E-state index contributed by atoms with van der Waals surface area (Å²) in [6.45, 7) is 8.26. The molecule has 1 aromatic carbocycles. The zero-order chi connectivity index (χ0) is 18.0. The van der Waals surface area contributed by atoms with E-state index in [1.165, 1.54) is 5.56 Å². The molecule has 130 valence electrons. The van der Waals surface area contributed by atoms with Gasteiger partial charge in [-0.2, -0.15) is 5.10 Å². The highest BCUT2D eigenvalue weighted by Crippen LogP contribution is 2.26. The lowest BCUT2D eigenvalue weighted by molar-refractivity contribution is 0.0922. The molecule has 2 aromatic heterocycles. The third-order valence-corrected chi connectivity index (χ3v) is 5.25. The standard InChI is InChI=1S/C20H23N3OS/c1-13(2)15(4)21-20(24)18-12-17(19-6-5-11-25-19)22-23(18)16-9-7-14(3)8-10-16/h5-13,15H,1-4H3,(H,21,24). The molecule has 1 N–H and O–H groups in total. The van der Waals surface area contributed by atoms with E-state index in [0.29, 0.717) is 11.6 Å². The third kappa shape index (κ3) is 3.82. The Morgan fingerprint density at radius 3 is 2.48 bits per heavy atom. The average molecular weight is 353 g/mol. The molecule has 3 rings (SSSR count). The van der Waals surface area contributed by atoms with Gasteiger partial charge in [0.2, 0.25) is 0 Å². The van der Waals surface area contributed by atoms with Gasteiger partial charge in [0.05, 0.1) is 10.6 Å². The minimum atomic E-state index is -0.0999. The maximum Gasteiger partial charge on any atom is 0.270 e. The van der Waals surface area contributed by atoms with E-state index in [1.54, 1.807) is 16.0 Å². The molecule has 0 radical (unpaired) electrons. The molecule has 25 heavy (non-hydrogen) atoms. The number of aromatic nitrogens is 2. The Morgan fingerprint density at radius 1 is 1.16 bits per heavy atom. The first-order chi connectivity index (χ1) is 12.0. The van der Waals surface area contributed by atoms with Crippen LogP contribution in [0.5, 0.6) is 0 Å². The van der Waals surface area contributed by atoms with E-state index in [2.05, 4.69) is 19.2 Å². The Kier molecular flexibility index (Phi) is 5.04. The number of benzene rings is 1. The number of carbonyl (C=O) groups is 1. The normalized spacial score (nSPS) is 12.4. The predicted molar refractivity (Wildman–Crippen MR) is 103 cm³/mol. The Bertz CT molecular complexity index is 848. The summed E-state index contributed by atoms with van der Waals surface area (Å²) in [5.74, 6) is 0.272. The molecule has 4 nitrogen and oxygen atoms in total. The van der Waals surface area contributed by atoms with Crippen LogP contribution in [0.1, 0.15) is 36.8 Å². The zero-order valence-electron chi connectivity index (χ0n) is 15.0. The van der Waals surface area contributed by atoms with Gasteiger partial charge in [-0.05, 0) is 49.4 Å². The van der Waals surface area contributed by atoms with Crippen LogP contribution >= 0.6 is 11.3 Å². The first kappa shape index (κ1) is 17.4. The molecule has 0 fully saturated rings. The maximum atomic E-state index is 12.8. The fraction of sp³-hybridized carbons (Fsp3) is 0.300. The monoisotopic (exact) mass is 353 g/mol. The summed E-state index contributed by atoms with van der Waals surface area (Å²) in [5.41, 5.74) is 3.43. The van der Waals surface area contributed by atoms with E-state index in [1.807, 2.05) is 61.7 Å². The molecule has 1 atom stereocenters. The third-order valence-electron chi connectivity index (χ3n) is 4.35. The van der Waals surface area contributed by atoms with Gasteiger partial charge in [-0.1, -0.05) is 37.6 Å². The molecule has 0 saturated carbocycles. The molecule has 5 heteroatoms. The second-order valence-electron chi connectivity index (χ2n) is 6.65. The van der Waals surface area contributed by atoms with Crippen LogP contribution in [0.25, 0.3) is 16.3 Å². The molecule has 3 aromatic rings. The second-order valence-corrected chi connectivity index (χ2v) is 7.59. The summed E-state index contributed by atoms with van der Waals surface area (Å²) in [7, 11) is 0. The highest BCUT2D eigenvalue weighted by atomic mass is 32.1. The van der Waals surface area contributed by atoms with Crippen LogP contribution in [-0.4, -0.2) is 21.7 Å². The van der Waals surface area contributed by atoms with Crippen molar-refractivity contribution in [2.24, 2.45) is 5.92 Å². The summed E-state index contributed by atoms with van der Waals surface area (Å²) >= 11 is 1.62. The molecule has 0 aliphatic rings. The molecule has 0 spiro atoms. The van der Waals surface area contributed by atoms with Crippen LogP contribution in [0.4, 0.5) is 0 Å². The van der Waals surface area contributed by atoms with E-state index < -0.39 is 0 Å². The fourth-order valence-electron chi connectivity index (χ4n) is 2.42. The minimum Gasteiger partial charge on any atom is -0.348 e. The molecular weight excluding hydrogens is 330 g/mol. The molecule has 0 bridgehead atoms. The van der Waals surface area contributed by atoms with Crippen molar-refractivity contribution >= 4 is 17.2 Å². The molecule has 0 saturated heterocycles. The summed E-state index contributed by atoms with van der Waals surface area (Å²) < 4.78 is 1.73. The second kappa shape index (κ2) is 7.23. The lowest BCUT2D eigenvalue weighted by Gasteiger charge is -2.17. The number of hydrogen-bond acceptors (Lipinski definition) is 3. The summed E-state index contributed by atoms with van der Waals surface area (Å²) in [6.07, 6.45) is 0. The van der Waals surface area contributed by atoms with Crippen molar-refractivity contribution in [2.75, 3.05) is 0 Å². The van der Waals surface area contributed by atoms with Gasteiger partial charge in [-0.15, -0.1) is 11.3 Å². The van der Waals surface area contributed by atoms with Gasteiger partial charge in [-0.25, -0.2) is 4.68 Å². The number of thiophene rings is 1. The van der Waals surface area contributed by atoms with Crippen molar-refractivity contribution in [2.45, 2.75) is 33.7 Å². The lowest BCUT2D eigenvalue weighted by atomic mass is 10.1. The number of hydrogen-bond donors (Lipinski definition) is 1. The first-order valence-electron chi connectivity index (χ1n) is 8.47. The quantitative estimate of drug-likeness (QED) is 0.724. The van der Waals surface area contributed by atoms with Crippen molar-refractivity contribution in [1.29, 1.82) is 0 Å². The Labute approximate surface area is 152 Å². The Morgan fingerprint density at radius 2 is 1.88 bits per heavy atom. The average Bonchev–Trinajstić information content (AvgIpc) is 3.24. The number of carbonyl (C=O) groups excluding carboxylic acids is 1. The molecule has 1 unspecified atom stereocenters. The fourth-order valence-corrected chi connectivity index (χ4v) is 3.10. The molecule has 1 amide bonds. The van der Waals surface area contributed by atoms with E-state index in [-0.39, 0.29) is 11.9 Å². The Balaban J connectivity index is 2.02. The molecule has 2 heterocycles. The van der Waals surface area contributed by atoms with Crippen molar-refractivity contribution in [3.05, 3.63) is 59.1 Å². The molecule has 0 aliphatic carbocycles.